The molecular formula is C11H21NO2S. The normalized spacial score (nSPS) is 20.9. The highest BCUT2D eigenvalue weighted by Crippen LogP contribution is 2.25. The summed E-state index contributed by atoms with van der Waals surface area (Å²) in [6.07, 6.45) is 6.30. The van der Waals surface area contributed by atoms with Crippen LogP contribution in [0.1, 0.15) is 26.2 Å². The van der Waals surface area contributed by atoms with E-state index in [1.165, 1.54) is 19.1 Å². The van der Waals surface area contributed by atoms with Gasteiger partial charge in [-0.1, -0.05) is 13.0 Å². The zero-order valence-corrected chi connectivity index (χ0v) is 10.4. The third-order valence-corrected chi connectivity index (χ3v) is 3.85. The predicted molar refractivity (Wildman–Crippen MR) is 63.7 cm³/mol. The van der Waals surface area contributed by atoms with Crippen LogP contribution >= 0.6 is 0 Å². The minimum absolute atomic E-state index is 0.105. The Kier molecular flexibility index (Phi) is 3.95. The maximum atomic E-state index is 11.1. The van der Waals surface area contributed by atoms with Gasteiger partial charge >= 0.3 is 0 Å². The van der Waals surface area contributed by atoms with Gasteiger partial charge in [0.1, 0.15) is 9.84 Å². The molecule has 4 heteroatoms. The molecule has 15 heavy (non-hydrogen) atoms. The van der Waals surface area contributed by atoms with E-state index in [9.17, 15) is 8.42 Å². The molecule has 0 bridgehead atoms. The van der Waals surface area contributed by atoms with Crippen LogP contribution in [0, 0.1) is 5.41 Å². The second-order valence-corrected chi connectivity index (χ2v) is 7.15. The van der Waals surface area contributed by atoms with Crippen LogP contribution in [0.25, 0.3) is 0 Å². The average molecular weight is 231 g/mol. The second kappa shape index (κ2) is 4.66. The van der Waals surface area contributed by atoms with Crippen LogP contribution < -0.4 is 5.32 Å². The molecule has 0 spiro atoms. The van der Waals surface area contributed by atoms with Gasteiger partial charge in [0.05, 0.1) is 5.75 Å². The van der Waals surface area contributed by atoms with Crippen molar-refractivity contribution < 1.29 is 8.42 Å². The van der Waals surface area contributed by atoms with E-state index in [-0.39, 0.29) is 11.2 Å². The van der Waals surface area contributed by atoms with Crippen LogP contribution in [0.4, 0.5) is 0 Å². The van der Waals surface area contributed by atoms with Crippen molar-refractivity contribution >= 4 is 9.84 Å². The lowest BCUT2D eigenvalue weighted by Gasteiger charge is -2.25. The van der Waals surface area contributed by atoms with Gasteiger partial charge in [-0.3, -0.25) is 0 Å². The quantitative estimate of drug-likeness (QED) is 0.673. The molecule has 0 aromatic carbocycles. The number of hydrogen-bond acceptors (Lipinski definition) is 3. The van der Waals surface area contributed by atoms with Crippen molar-refractivity contribution in [3.8, 4) is 0 Å². The van der Waals surface area contributed by atoms with Gasteiger partial charge in [-0.2, -0.15) is 0 Å². The van der Waals surface area contributed by atoms with Gasteiger partial charge in [0.15, 0.2) is 0 Å². The van der Waals surface area contributed by atoms with E-state index in [0.717, 1.165) is 6.54 Å². The second-order valence-electron chi connectivity index (χ2n) is 4.89. The fourth-order valence-corrected chi connectivity index (χ4v) is 2.18. The first-order chi connectivity index (χ1) is 6.85. The molecule has 1 saturated carbocycles. The molecule has 1 fully saturated rings. The Morgan fingerprint density at radius 2 is 2.13 bits per heavy atom. The number of rotatable bonds is 7. The summed E-state index contributed by atoms with van der Waals surface area (Å²) in [4.78, 5) is 0. The first-order valence-corrected chi connectivity index (χ1v) is 7.45. The highest BCUT2D eigenvalue weighted by molar-refractivity contribution is 7.90. The van der Waals surface area contributed by atoms with Gasteiger partial charge in [0.2, 0.25) is 0 Å². The molecule has 0 radical (unpaired) electrons. The van der Waals surface area contributed by atoms with Crippen molar-refractivity contribution in [3.63, 3.8) is 0 Å². The van der Waals surface area contributed by atoms with Crippen molar-refractivity contribution in [2.24, 2.45) is 5.41 Å². The average Bonchev–Trinajstić information content (AvgIpc) is 2.94. The minimum atomic E-state index is -2.87. The van der Waals surface area contributed by atoms with Crippen LogP contribution in [0.5, 0.6) is 0 Å². The highest BCUT2D eigenvalue weighted by atomic mass is 32.2. The van der Waals surface area contributed by atoms with Crippen LogP contribution in [-0.2, 0) is 9.84 Å². The van der Waals surface area contributed by atoms with Gasteiger partial charge in [0.25, 0.3) is 0 Å². The predicted octanol–water partition coefficient (Wildman–Crippen LogP) is 1.37. The highest BCUT2D eigenvalue weighted by Gasteiger charge is 2.27. The molecule has 1 aliphatic rings. The summed E-state index contributed by atoms with van der Waals surface area (Å²) in [5.41, 5.74) is -0.105. The summed E-state index contributed by atoms with van der Waals surface area (Å²) in [6, 6.07) is 0.655. The Balaban J connectivity index is 2.39. The molecule has 1 unspecified atom stereocenters. The molecule has 0 aliphatic heterocycles. The number of nitrogens with one attached hydrogen (secondary N) is 1. The molecule has 0 aromatic rings. The van der Waals surface area contributed by atoms with Gasteiger partial charge < -0.3 is 5.32 Å². The largest absolute Gasteiger partial charge is 0.313 e. The minimum Gasteiger partial charge on any atom is -0.313 e. The van der Waals surface area contributed by atoms with Gasteiger partial charge in [-0.15, -0.1) is 6.58 Å². The van der Waals surface area contributed by atoms with Crippen molar-refractivity contribution in [2.45, 2.75) is 32.2 Å². The molecule has 0 aromatic heterocycles. The van der Waals surface area contributed by atoms with Gasteiger partial charge in [-0.05, 0) is 24.7 Å². The van der Waals surface area contributed by atoms with Crippen LogP contribution in [0.2, 0.25) is 0 Å². The zero-order valence-electron chi connectivity index (χ0n) is 9.62. The summed E-state index contributed by atoms with van der Waals surface area (Å²) in [6.45, 7) is 6.68. The number of sulfone groups is 1. The van der Waals surface area contributed by atoms with Crippen molar-refractivity contribution in [1.29, 1.82) is 0 Å². The lowest BCUT2D eigenvalue weighted by molar-refractivity contribution is 0.379. The Morgan fingerprint density at radius 1 is 1.53 bits per heavy atom. The van der Waals surface area contributed by atoms with E-state index in [1.54, 1.807) is 0 Å². The summed E-state index contributed by atoms with van der Waals surface area (Å²) >= 11 is 0. The lowest BCUT2D eigenvalue weighted by Crippen LogP contribution is -2.33. The third kappa shape index (κ3) is 5.33. The summed E-state index contributed by atoms with van der Waals surface area (Å²) in [5.74, 6) is 0.238. The first-order valence-electron chi connectivity index (χ1n) is 5.39. The molecular weight excluding hydrogens is 210 g/mol. The molecule has 1 N–H and O–H groups in total. The molecule has 0 amide bonds. The van der Waals surface area contributed by atoms with Crippen LogP contribution in [0.15, 0.2) is 12.7 Å². The van der Waals surface area contributed by atoms with E-state index in [4.69, 9.17) is 0 Å². The van der Waals surface area contributed by atoms with Crippen molar-refractivity contribution in [3.05, 3.63) is 12.7 Å². The molecule has 88 valence electrons. The first kappa shape index (κ1) is 12.7. The molecule has 3 nitrogen and oxygen atoms in total. The van der Waals surface area contributed by atoms with E-state index in [2.05, 4.69) is 18.8 Å². The Morgan fingerprint density at radius 3 is 2.53 bits per heavy atom. The van der Waals surface area contributed by atoms with Crippen molar-refractivity contribution in [2.75, 3.05) is 18.6 Å². The zero-order chi connectivity index (χ0) is 11.5. The van der Waals surface area contributed by atoms with Gasteiger partial charge in [-0.25, -0.2) is 8.42 Å². The fraction of sp³-hybridized carbons (Fsp3) is 0.818. The maximum Gasteiger partial charge on any atom is 0.147 e. The molecule has 0 saturated heterocycles. The SMILES string of the molecule is C=CC(C)(CCS(C)(=O)=O)CNC1CC1. The summed E-state index contributed by atoms with van der Waals surface area (Å²) in [7, 11) is -2.87. The Labute approximate surface area is 92.9 Å². The third-order valence-electron chi connectivity index (χ3n) is 2.91. The molecule has 0 heterocycles. The Bertz CT molecular complexity index is 319. The van der Waals surface area contributed by atoms with Crippen LogP contribution in [0.3, 0.4) is 0 Å². The molecule has 1 aliphatic carbocycles. The fourth-order valence-electron chi connectivity index (χ4n) is 1.35. The van der Waals surface area contributed by atoms with E-state index < -0.39 is 9.84 Å². The van der Waals surface area contributed by atoms with E-state index >= 15 is 0 Å². The summed E-state index contributed by atoms with van der Waals surface area (Å²) < 4.78 is 22.2. The number of hydrogen-bond donors (Lipinski definition) is 1. The standard InChI is InChI=1S/C11H21NO2S/c1-4-11(2,7-8-15(3,13)14)9-12-10-5-6-10/h4,10,12H,1,5-9H2,2-3H3. The smallest absolute Gasteiger partial charge is 0.147 e. The van der Waals surface area contributed by atoms with Gasteiger partial charge in [0, 0.05) is 18.8 Å². The lowest BCUT2D eigenvalue weighted by atomic mass is 9.88. The van der Waals surface area contributed by atoms with Crippen molar-refractivity contribution in [1.82, 2.24) is 5.32 Å². The topological polar surface area (TPSA) is 46.2 Å². The van der Waals surface area contributed by atoms with Crippen LogP contribution in [-0.4, -0.2) is 33.0 Å². The van der Waals surface area contributed by atoms with E-state index in [0.29, 0.717) is 12.5 Å². The summed E-state index contributed by atoms with van der Waals surface area (Å²) in [5, 5.41) is 3.42. The molecule has 1 rings (SSSR count). The molecule has 1 atom stereocenters. The Hall–Kier alpha value is -0.350. The van der Waals surface area contributed by atoms with E-state index in [1.807, 2.05) is 6.08 Å². The monoisotopic (exact) mass is 231 g/mol. The maximum absolute atomic E-state index is 11.1.